The summed E-state index contributed by atoms with van der Waals surface area (Å²) in [7, 11) is 0. The second-order valence-electron chi connectivity index (χ2n) is 5.65. The molecule has 0 spiro atoms. The summed E-state index contributed by atoms with van der Waals surface area (Å²) in [6.07, 6.45) is 10.4. The first-order valence-electron chi connectivity index (χ1n) is 8.63. The van der Waals surface area contributed by atoms with Crippen molar-refractivity contribution in [1.82, 2.24) is 4.98 Å². The monoisotopic (exact) mass is 313 g/mol. The van der Waals surface area contributed by atoms with Crippen molar-refractivity contribution in [2.45, 2.75) is 45.4 Å². The lowest BCUT2D eigenvalue weighted by molar-refractivity contribution is 0.293. The summed E-state index contributed by atoms with van der Waals surface area (Å²) >= 11 is 0. The zero-order chi connectivity index (χ0) is 16.2. The number of nitrogens with zero attached hydrogens (tertiary/aromatic N) is 1. The molecule has 1 aromatic heterocycles. The Kier molecular flexibility index (Phi) is 8.03. The smallest absolute Gasteiger partial charge is 0.137 e. The molecule has 1 heterocycles. The summed E-state index contributed by atoms with van der Waals surface area (Å²) in [5, 5.41) is 0. The molecule has 0 radical (unpaired) electrons. The second-order valence-corrected chi connectivity index (χ2v) is 5.65. The predicted octanol–water partition coefficient (Wildman–Crippen LogP) is 5.05. The molecule has 0 N–H and O–H groups in total. The topological polar surface area (TPSA) is 31.4 Å². The van der Waals surface area contributed by atoms with Crippen molar-refractivity contribution < 1.29 is 9.47 Å². The van der Waals surface area contributed by atoms with Crippen LogP contribution in [-0.2, 0) is 6.42 Å². The highest BCUT2D eigenvalue weighted by Crippen LogP contribution is 2.13. The van der Waals surface area contributed by atoms with Gasteiger partial charge in [-0.25, -0.2) is 0 Å². The maximum Gasteiger partial charge on any atom is 0.137 e. The molecular weight excluding hydrogens is 286 g/mol. The number of hydrogen-bond acceptors (Lipinski definition) is 3. The van der Waals surface area contributed by atoms with E-state index in [1.165, 1.54) is 24.8 Å². The van der Waals surface area contributed by atoms with Crippen molar-refractivity contribution in [1.29, 1.82) is 0 Å². The van der Waals surface area contributed by atoms with Crippen molar-refractivity contribution in [3.05, 3.63) is 54.4 Å². The van der Waals surface area contributed by atoms with Crippen LogP contribution in [0, 0.1) is 0 Å². The summed E-state index contributed by atoms with van der Waals surface area (Å²) in [5.41, 5.74) is 1.35. The fourth-order valence-electron chi connectivity index (χ4n) is 2.37. The van der Waals surface area contributed by atoms with E-state index in [4.69, 9.17) is 9.47 Å². The maximum absolute atomic E-state index is 5.76. The first-order valence-corrected chi connectivity index (χ1v) is 8.63. The van der Waals surface area contributed by atoms with Gasteiger partial charge in [-0.05, 0) is 49.1 Å². The first-order chi connectivity index (χ1) is 11.4. The quantitative estimate of drug-likeness (QED) is 0.544. The maximum atomic E-state index is 5.76. The average molecular weight is 313 g/mol. The third-order valence-electron chi connectivity index (χ3n) is 3.79. The lowest BCUT2D eigenvalue weighted by Gasteiger charge is -2.07. The molecule has 2 aromatic rings. The Morgan fingerprint density at radius 2 is 1.43 bits per heavy atom. The molecule has 1 aromatic carbocycles. The first kappa shape index (κ1) is 17.3. The largest absolute Gasteiger partial charge is 0.494 e. The van der Waals surface area contributed by atoms with Gasteiger partial charge in [-0.3, -0.25) is 4.98 Å². The van der Waals surface area contributed by atoms with Crippen LogP contribution in [0.3, 0.4) is 0 Å². The molecule has 0 saturated heterocycles. The summed E-state index contributed by atoms with van der Waals surface area (Å²) in [5.74, 6) is 1.84. The van der Waals surface area contributed by atoms with Crippen LogP contribution in [0.15, 0.2) is 48.8 Å². The van der Waals surface area contributed by atoms with Crippen molar-refractivity contribution in [3.8, 4) is 11.5 Å². The molecule has 0 aliphatic heterocycles. The molecule has 0 aliphatic rings. The molecular formula is C20H27NO2. The van der Waals surface area contributed by atoms with Crippen LogP contribution < -0.4 is 9.47 Å². The van der Waals surface area contributed by atoms with Crippen LogP contribution in [0.2, 0.25) is 0 Å². The second kappa shape index (κ2) is 10.7. The van der Waals surface area contributed by atoms with E-state index in [-0.39, 0.29) is 0 Å². The van der Waals surface area contributed by atoms with E-state index < -0.39 is 0 Å². The van der Waals surface area contributed by atoms with Gasteiger partial charge in [0.15, 0.2) is 0 Å². The van der Waals surface area contributed by atoms with Crippen LogP contribution >= 0.6 is 0 Å². The minimum Gasteiger partial charge on any atom is -0.494 e. The number of ether oxygens (including phenoxy) is 2. The SMILES string of the molecule is CCc1ccc(OCCCCCCCOc2cccnc2)cc1. The third-order valence-corrected chi connectivity index (χ3v) is 3.79. The average Bonchev–Trinajstić information content (AvgIpc) is 2.61. The van der Waals surface area contributed by atoms with Crippen LogP contribution in [-0.4, -0.2) is 18.2 Å². The van der Waals surface area contributed by atoms with Crippen LogP contribution in [0.25, 0.3) is 0 Å². The molecule has 0 aliphatic carbocycles. The predicted molar refractivity (Wildman–Crippen MR) is 94.1 cm³/mol. The number of pyridine rings is 1. The van der Waals surface area contributed by atoms with Gasteiger partial charge >= 0.3 is 0 Å². The van der Waals surface area contributed by atoms with Gasteiger partial charge in [0.05, 0.1) is 19.4 Å². The van der Waals surface area contributed by atoms with Crippen molar-refractivity contribution in [3.63, 3.8) is 0 Å². The fourth-order valence-corrected chi connectivity index (χ4v) is 2.37. The van der Waals surface area contributed by atoms with E-state index >= 15 is 0 Å². The molecule has 23 heavy (non-hydrogen) atoms. The number of aryl methyl sites for hydroxylation is 1. The molecule has 0 unspecified atom stereocenters. The van der Waals surface area contributed by atoms with E-state index in [1.54, 1.807) is 12.4 Å². The summed E-state index contributed by atoms with van der Waals surface area (Å²) in [4.78, 5) is 4.03. The number of rotatable bonds is 11. The highest BCUT2D eigenvalue weighted by Gasteiger charge is 1.96. The molecule has 124 valence electrons. The molecule has 2 rings (SSSR count). The van der Waals surface area contributed by atoms with E-state index in [0.29, 0.717) is 0 Å². The Hall–Kier alpha value is -2.03. The Labute approximate surface area is 139 Å². The summed E-state index contributed by atoms with van der Waals surface area (Å²) in [6.45, 7) is 3.74. The molecule has 3 nitrogen and oxygen atoms in total. The molecule has 0 amide bonds. The van der Waals surface area contributed by atoms with Gasteiger partial charge in [0.25, 0.3) is 0 Å². The Bertz CT molecular complexity index is 525. The Morgan fingerprint density at radius 1 is 0.783 bits per heavy atom. The van der Waals surface area contributed by atoms with Crippen LogP contribution in [0.4, 0.5) is 0 Å². The van der Waals surface area contributed by atoms with E-state index in [0.717, 1.165) is 44.0 Å². The summed E-state index contributed by atoms with van der Waals surface area (Å²) in [6, 6.07) is 12.2. The lowest BCUT2D eigenvalue weighted by atomic mass is 10.1. The summed E-state index contributed by atoms with van der Waals surface area (Å²) < 4.78 is 11.4. The molecule has 3 heteroatoms. The van der Waals surface area contributed by atoms with Gasteiger partial charge in [-0.2, -0.15) is 0 Å². The minimum absolute atomic E-state index is 0.770. The standard InChI is InChI=1S/C20H27NO2/c1-2-18-10-12-19(13-11-18)22-15-6-4-3-5-7-16-23-20-9-8-14-21-17-20/h8-14,17H,2-7,15-16H2,1H3. The van der Waals surface area contributed by atoms with Gasteiger partial charge in [0.2, 0.25) is 0 Å². The number of unbranched alkanes of at least 4 members (excludes halogenated alkanes) is 4. The minimum atomic E-state index is 0.770. The van der Waals surface area contributed by atoms with Gasteiger partial charge in [0, 0.05) is 6.20 Å². The zero-order valence-corrected chi connectivity index (χ0v) is 14.0. The van der Waals surface area contributed by atoms with Gasteiger partial charge < -0.3 is 9.47 Å². The number of hydrogen-bond donors (Lipinski definition) is 0. The van der Waals surface area contributed by atoms with Gasteiger partial charge in [0.1, 0.15) is 11.5 Å². The number of benzene rings is 1. The third kappa shape index (κ3) is 7.18. The van der Waals surface area contributed by atoms with Gasteiger partial charge in [-0.15, -0.1) is 0 Å². The van der Waals surface area contributed by atoms with E-state index in [2.05, 4.69) is 36.2 Å². The Morgan fingerprint density at radius 3 is 2.04 bits per heavy atom. The van der Waals surface area contributed by atoms with E-state index in [9.17, 15) is 0 Å². The highest BCUT2D eigenvalue weighted by molar-refractivity contribution is 5.27. The van der Waals surface area contributed by atoms with Gasteiger partial charge in [-0.1, -0.05) is 38.3 Å². The van der Waals surface area contributed by atoms with E-state index in [1.807, 2.05) is 12.1 Å². The normalized spacial score (nSPS) is 10.5. The van der Waals surface area contributed by atoms with Crippen molar-refractivity contribution >= 4 is 0 Å². The zero-order valence-electron chi connectivity index (χ0n) is 14.0. The van der Waals surface area contributed by atoms with Crippen molar-refractivity contribution in [2.75, 3.05) is 13.2 Å². The fraction of sp³-hybridized carbons (Fsp3) is 0.450. The van der Waals surface area contributed by atoms with Crippen LogP contribution in [0.5, 0.6) is 11.5 Å². The highest BCUT2D eigenvalue weighted by atomic mass is 16.5. The molecule has 0 saturated carbocycles. The molecule has 0 bridgehead atoms. The molecule has 0 fully saturated rings. The number of aromatic nitrogens is 1. The van der Waals surface area contributed by atoms with Crippen molar-refractivity contribution in [2.24, 2.45) is 0 Å². The van der Waals surface area contributed by atoms with Crippen LogP contribution in [0.1, 0.15) is 44.6 Å². The Balaban J connectivity index is 1.43. The molecule has 0 atom stereocenters. The lowest BCUT2D eigenvalue weighted by Crippen LogP contribution is -1.99.